The van der Waals surface area contributed by atoms with Gasteiger partial charge in [-0.25, -0.2) is 9.98 Å². The summed E-state index contributed by atoms with van der Waals surface area (Å²) < 4.78 is 5.67. The van der Waals surface area contributed by atoms with Crippen molar-refractivity contribution in [3.8, 4) is 0 Å². The van der Waals surface area contributed by atoms with Crippen LogP contribution in [0, 0.1) is 5.92 Å². The van der Waals surface area contributed by atoms with Gasteiger partial charge in [0.15, 0.2) is 5.96 Å². The largest absolute Gasteiger partial charge is 0.376 e. The van der Waals surface area contributed by atoms with Crippen LogP contribution in [0.15, 0.2) is 23.3 Å². The Bertz CT molecular complexity index is 673. The summed E-state index contributed by atoms with van der Waals surface area (Å²) in [5.74, 6) is 1.52. The summed E-state index contributed by atoms with van der Waals surface area (Å²) >= 11 is 0. The van der Waals surface area contributed by atoms with Gasteiger partial charge in [-0.1, -0.05) is 6.07 Å². The number of ether oxygens (including phenoxy) is 1. The highest BCUT2D eigenvalue weighted by molar-refractivity contribution is 14.0. The Morgan fingerprint density at radius 3 is 2.79 bits per heavy atom. The van der Waals surface area contributed by atoms with Gasteiger partial charge in [-0.15, -0.1) is 24.0 Å². The predicted molar refractivity (Wildman–Crippen MR) is 126 cm³/mol. The Hall–Kier alpha value is -1.62. The van der Waals surface area contributed by atoms with Gasteiger partial charge in [0.2, 0.25) is 5.91 Å². The van der Waals surface area contributed by atoms with Crippen molar-refractivity contribution in [2.45, 2.75) is 45.3 Å². The van der Waals surface area contributed by atoms with Gasteiger partial charge in [-0.3, -0.25) is 4.79 Å². The highest BCUT2D eigenvalue weighted by Crippen LogP contribution is 2.24. The van der Waals surface area contributed by atoms with Gasteiger partial charge in [-0.05, 0) is 38.7 Å². The number of primary amides is 1. The standard InChI is InChI=1S/C20H32N6O2.HI/c1-2-22-20(25-14-17-6-4-12-28-17)24-13-16-5-3-9-23-19(16)26-10-7-15(8-11-26)18(21)27;/h3,5,9,15,17H,2,4,6-8,10-14H2,1H3,(H2,21,27)(H2,22,24,25);1H. The number of aromatic nitrogens is 1. The third-order valence-electron chi connectivity index (χ3n) is 5.34. The number of nitrogens with zero attached hydrogens (tertiary/aromatic N) is 3. The van der Waals surface area contributed by atoms with E-state index in [1.165, 1.54) is 0 Å². The molecular formula is C20H33IN6O2. The molecule has 0 aromatic carbocycles. The lowest BCUT2D eigenvalue weighted by Gasteiger charge is -2.32. The van der Waals surface area contributed by atoms with E-state index in [-0.39, 0.29) is 41.9 Å². The van der Waals surface area contributed by atoms with Gasteiger partial charge in [0, 0.05) is 50.5 Å². The quantitative estimate of drug-likeness (QED) is 0.289. The Kier molecular flexibility index (Phi) is 9.92. The molecule has 162 valence electrons. The van der Waals surface area contributed by atoms with Crippen LogP contribution in [0.1, 0.15) is 38.2 Å². The van der Waals surface area contributed by atoms with Crippen molar-refractivity contribution in [2.75, 3.05) is 37.7 Å². The van der Waals surface area contributed by atoms with Crippen molar-refractivity contribution in [2.24, 2.45) is 16.6 Å². The average Bonchev–Trinajstić information content (AvgIpc) is 3.24. The van der Waals surface area contributed by atoms with E-state index in [9.17, 15) is 4.79 Å². The molecule has 2 saturated heterocycles. The number of nitrogens with two attached hydrogens (primary N) is 1. The van der Waals surface area contributed by atoms with Crippen molar-refractivity contribution >= 4 is 41.7 Å². The van der Waals surface area contributed by atoms with Gasteiger partial charge in [0.1, 0.15) is 5.82 Å². The van der Waals surface area contributed by atoms with Gasteiger partial charge < -0.3 is 26.0 Å². The molecule has 3 rings (SSSR count). The molecule has 2 fully saturated rings. The van der Waals surface area contributed by atoms with E-state index in [1.54, 1.807) is 0 Å². The van der Waals surface area contributed by atoms with Crippen LogP contribution in [0.3, 0.4) is 0 Å². The number of carbonyl (C=O) groups excluding carboxylic acids is 1. The minimum Gasteiger partial charge on any atom is -0.376 e. The maximum Gasteiger partial charge on any atom is 0.220 e. The number of carbonyl (C=O) groups is 1. The molecule has 1 unspecified atom stereocenters. The van der Waals surface area contributed by atoms with Gasteiger partial charge >= 0.3 is 0 Å². The van der Waals surface area contributed by atoms with Crippen molar-refractivity contribution in [1.29, 1.82) is 0 Å². The van der Waals surface area contributed by atoms with Crippen LogP contribution >= 0.6 is 24.0 Å². The van der Waals surface area contributed by atoms with Crippen molar-refractivity contribution in [1.82, 2.24) is 15.6 Å². The van der Waals surface area contributed by atoms with Crippen molar-refractivity contribution in [3.05, 3.63) is 23.9 Å². The first kappa shape index (κ1) is 23.7. The van der Waals surface area contributed by atoms with E-state index in [0.29, 0.717) is 6.54 Å². The molecule has 0 radical (unpaired) electrons. The first-order chi connectivity index (χ1) is 13.7. The molecule has 8 nitrogen and oxygen atoms in total. The van der Waals surface area contributed by atoms with Gasteiger partial charge in [0.25, 0.3) is 0 Å². The number of piperidine rings is 1. The van der Waals surface area contributed by atoms with Gasteiger partial charge in [-0.2, -0.15) is 0 Å². The first-order valence-corrected chi connectivity index (χ1v) is 10.3. The maximum atomic E-state index is 11.4. The normalized spacial score (nSPS) is 20.2. The SMILES string of the molecule is CCNC(=NCc1cccnc1N1CCC(C(N)=O)CC1)NCC1CCCO1.I. The third kappa shape index (κ3) is 6.98. The van der Waals surface area contributed by atoms with E-state index < -0.39 is 0 Å². The summed E-state index contributed by atoms with van der Waals surface area (Å²) in [6.45, 7) is 6.61. The smallest absolute Gasteiger partial charge is 0.220 e. The summed E-state index contributed by atoms with van der Waals surface area (Å²) in [4.78, 5) is 23.0. The second-order valence-corrected chi connectivity index (χ2v) is 7.36. The Labute approximate surface area is 190 Å². The fraction of sp³-hybridized carbons (Fsp3) is 0.650. The minimum atomic E-state index is -0.196. The summed E-state index contributed by atoms with van der Waals surface area (Å²) in [7, 11) is 0. The zero-order valence-corrected chi connectivity index (χ0v) is 19.4. The number of nitrogens with one attached hydrogen (secondary N) is 2. The molecule has 4 N–H and O–H groups in total. The van der Waals surface area contributed by atoms with Crippen LogP contribution in [0.25, 0.3) is 0 Å². The van der Waals surface area contributed by atoms with Crippen molar-refractivity contribution < 1.29 is 9.53 Å². The van der Waals surface area contributed by atoms with E-state index in [1.807, 2.05) is 12.3 Å². The number of rotatable bonds is 7. The molecule has 1 atom stereocenters. The highest BCUT2D eigenvalue weighted by Gasteiger charge is 2.25. The summed E-state index contributed by atoms with van der Waals surface area (Å²) in [6, 6.07) is 4.01. The molecule has 2 aliphatic rings. The number of halogens is 1. The molecule has 0 spiro atoms. The van der Waals surface area contributed by atoms with Crippen LogP contribution in [-0.4, -0.2) is 55.7 Å². The lowest BCUT2D eigenvalue weighted by Crippen LogP contribution is -2.41. The van der Waals surface area contributed by atoms with Gasteiger partial charge in [0.05, 0.1) is 12.6 Å². The van der Waals surface area contributed by atoms with E-state index in [2.05, 4.69) is 33.5 Å². The molecule has 3 heterocycles. The van der Waals surface area contributed by atoms with E-state index in [4.69, 9.17) is 15.5 Å². The van der Waals surface area contributed by atoms with Crippen LogP contribution in [0.4, 0.5) is 5.82 Å². The zero-order valence-electron chi connectivity index (χ0n) is 17.1. The topological polar surface area (TPSA) is 105 Å². The molecule has 0 bridgehead atoms. The predicted octanol–water partition coefficient (Wildman–Crippen LogP) is 1.64. The molecule has 1 aromatic heterocycles. The molecule has 1 aromatic rings. The molecule has 0 saturated carbocycles. The Morgan fingerprint density at radius 1 is 1.34 bits per heavy atom. The summed E-state index contributed by atoms with van der Waals surface area (Å²) in [5, 5.41) is 6.67. The number of hydrogen-bond donors (Lipinski definition) is 3. The Morgan fingerprint density at radius 2 is 2.14 bits per heavy atom. The summed E-state index contributed by atoms with van der Waals surface area (Å²) in [6.07, 6.45) is 5.86. The molecule has 2 aliphatic heterocycles. The molecule has 1 amide bonds. The second kappa shape index (κ2) is 12.2. The minimum absolute atomic E-state index is 0. The lowest BCUT2D eigenvalue weighted by molar-refractivity contribution is -0.122. The van der Waals surface area contributed by atoms with Crippen LogP contribution in [0.2, 0.25) is 0 Å². The fourth-order valence-corrected chi connectivity index (χ4v) is 3.74. The molecule has 29 heavy (non-hydrogen) atoms. The molecule has 9 heteroatoms. The number of anilines is 1. The average molecular weight is 516 g/mol. The zero-order chi connectivity index (χ0) is 19.8. The Balaban J connectivity index is 0.00000300. The van der Waals surface area contributed by atoms with Crippen molar-refractivity contribution in [3.63, 3.8) is 0 Å². The number of hydrogen-bond acceptors (Lipinski definition) is 5. The van der Waals surface area contributed by atoms with E-state index in [0.717, 1.165) is 75.8 Å². The number of aliphatic imine (C=N–C) groups is 1. The number of pyridine rings is 1. The monoisotopic (exact) mass is 516 g/mol. The summed E-state index contributed by atoms with van der Waals surface area (Å²) in [5.41, 5.74) is 6.53. The first-order valence-electron chi connectivity index (χ1n) is 10.3. The molecular weight excluding hydrogens is 483 g/mol. The van der Waals surface area contributed by atoms with Crippen LogP contribution in [-0.2, 0) is 16.1 Å². The van der Waals surface area contributed by atoms with Crippen LogP contribution < -0.4 is 21.3 Å². The highest BCUT2D eigenvalue weighted by atomic mass is 127. The maximum absolute atomic E-state index is 11.4. The third-order valence-corrected chi connectivity index (χ3v) is 5.34. The lowest BCUT2D eigenvalue weighted by atomic mass is 9.96. The number of guanidine groups is 1. The number of amides is 1. The van der Waals surface area contributed by atoms with Crippen LogP contribution in [0.5, 0.6) is 0 Å². The second-order valence-electron chi connectivity index (χ2n) is 7.36. The fourth-order valence-electron chi connectivity index (χ4n) is 3.74. The molecule has 0 aliphatic carbocycles. The van der Waals surface area contributed by atoms with E-state index >= 15 is 0 Å².